The van der Waals surface area contributed by atoms with Gasteiger partial charge in [-0.25, -0.2) is 4.79 Å². The van der Waals surface area contributed by atoms with Crippen LogP contribution in [0.15, 0.2) is 0 Å². The van der Waals surface area contributed by atoms with Crippen molar-refractivity contribution in [1.82, 2.24) is 0 Å². The van der Waals surface area contributed by atoms with E-state index in [1.54, 1.807) is 0 Å². The van der Waals surface area contributed by atoms with Crippen LogP contribution in [-0.4, -0.2) is 71.7 Å². The van der Waals surface area contributed by atoms with E-state index in [1.165, 1.54) is 135 Å². The first-order valence-electron chi connectivity index (χ1n) is 23.7. The lowest BCUT2D eigenvalue weighted by molar-refractivity contribution is -0.170. The molecule has 0 fully saturated rings. The maximum atomic E-state index is 12.7. The second-order valence-corrected chi connectivity index (χ2v) is 16.8. The lowest BCUT2D eigenvalue weighted by atomic mass is 9.92. The largest absolute Gasteiger partial charge is 0.481 e. The van der Waals surface area contributed by atoms with Gasteiger partial charge in [0.25, 0.3) is 0 Å². The molecule has 0 heterocycles. The van der Waals surface area contributed by atoms with Crippen LogP contribution in [0.5, 0.6) is 0 Å². The van der Waals surface area contributed by atoms with Crippen LogP contribution < -0.4 is 0 Å². The summed E-state index contributed by atoms with van der Waals surface area (Å²) in [5.74, 6) is -2.80. The zero-order chi connectivity index (χ0) is 42.1. The van der Waals surface area contributed by atoms with Gasteiger partial charge in [-0.05, 0) is 25.7 Å². The Morgan fingerprint density at radius 1 is 0.439 bits per heavy atom. The van der Waals surface area contributed by atoms with Gasteiger partial charge >= 0.3 is 23.9 Å². The number of carboxylic acids is 1. The molecule has 0 rings (SSSR count). The van der Waals surface area contributed by atoms with E-state index in [9.17, 15) is 29.4 Å². The normalized spacial score (nSPS) is 12.9. The van der Waals surface area contributed by atoms with Crippen molar-refractivity contribution in [2.45, 2.75) is 245 Å². The van der Waals surface area contributed by atoms with E-state index >= 15 is 0 Å². The van der Waals surface area contributed by atoms with E-state index in [0.717, 1.165) is 38.5 Å². The molecule has 0 aromatic carbocycles. The fourth-order valence-corrected chi connectivity index (χ4v) is 7.03. The Hall–Kier alpha value is -2.20. The highest BCUT2D eigenvalue weighted by molar-refractivity contribution is 5.74. The van der Waals surface area contributed by atoms with Gasteiger partial charge in [-0.15, -0.1) is 0 Å². The minimum absolute atomic E-state index is 0.00847. The molecular weight excluding hydrogens is 725 g/mol. The molecule has 0 aliphatic heterocycles. The monoisotopic (exact) mass is 813 g/mol. The molecule has 10 nitrogen and oxygen atoms in total. The molecule has 57 heavy (non-hydrogen) atoms. The number of rotatable bonds is 44. The quantitative estimate of drug-likeness (QED) is 0.0307. The second-order valence-electron chi connectivity index (χ2n) is 16.8. The summed E-state index contributed by atoms with van der Waals surface area (Å²) in [6, 6.07) is 0. The highest BCUT2D eigenvalue weighted by atomic mass is 16.6. The van der Waals surface area contributed by atoms with Crippen molar-refractivity contribution in [2.75, 3.05) is 26.4 Å². The summed E-state index contributed by atoms with van der Waals surface area (Å²) in [6.07, 6.45) is 35.0. The van der Waals surface area contributed by atoms with Crippen molar-refractivity contribution in [3.05, 3.63) is 0 Å². The van der Waals surface area contributed by atoms with E-state index in [1.807, 2.05) is 0 Å². The van der Waals surface area contributed by atoms with Crippen LogP contribution in [0.25, 0.3) is 0 Å². The third-order valence-electron chi connectivity index (χ3n) is 11.0. The van der Waals surface area contributed by atoms with Gasteiger partial charge in [0, 0.05) is 19.3 Å². The molecule has 3 N–H and O–H groups in total. The minimum atomic E-state index is -1.40. The highest BCUT2D eigenvalue weighted by Crippen LogP contribution is 2.22. The number of hydrogen-bond acceptors (Lipinski definition) is 9. The third kappa shape index (κ3) is 36.6. The van der Waals surface area contributed by atoms with Crippen LogP contribution in [0.2, 0.25) is 0 Å². The molecule has 336 valence electrons. The third-order valence-corrected chi connectivity index (χ3v) is 11.0. The molecule has 0 radical (unpaired) electrons. The maximum absolute atomic E-state index is 12.7. The predicted octanol–water partition coefficient (Wildman–Crippen LogP) is 11.7. The standard InChI is InChI=1S/C47H88O10/c1-3-5-7-9-11-13-15-17-19-21-23-25-27-29-31-36-44(52)55-39-47(38-48,40-56-45(53)37-33-32-35-43(50)51)41-57-46(54)42(49)34-30-28-26-24-22-20-18-16-14-12-10-8-6-4-2/h42,48-49H,3-41H2,1-2H3,(H,50,51). The molecule has 2 atom stereocenters. The topological polar surface area (TPSA) is 157 Å². The van der Waals surface area contributed by atoms with E-state index in [-0.39, 0.29) is 38.9 Å². The minimum Gasteiger partial charge on any atom is -0.481 e. The molecule has 0 bridgehead atoms. The van der Waals surface area contributed by atoms with Crippen LogP contribution in [-0.2, 0) is 33.4 Å². The van der Waals surface area contributed by atoms with Crippen molar-refractivity contribution in [3.63, 3.8) is 0 Å². The molecule has 0 aliphatic carbocycles. The van der Waals surface area contributed by atoms with E-state index in [4.69, 9.17) is 19.3 Å². The van der Waals surface area contributed by atoms with E-state index in [0.29, 0.717) is 25.7 Å². The van der Waals surface area contributed by atoms with Crippen molar-refractivity contribution in [1.29, 1.82) is 0 Å². The summed E-state index contributed by atoms with van der Waals surface area (Å²) in [5, 5.41) is 29.7. The second kappa shape index (κ2) is 40.6. The van der Waals surface area contributed by atoms with Gasteiger partial charge in [0.15, 0.2) is 6.10 Å². The van der Waals surface area contributed by atoms with Gasteiger partial charge in [0.1, 0.15) is 19.8 Å². The lowest BCUT2D eigenvalue weighted by Gasteiger charge is -2.30. The highest BCUT2D eigenvalue weighted by Gasteiger charge is 2.36. The van der Waals surface area contributed by atoms with Crippen LogP contribution in [0, 0.1) is 5.41 Å². The SMILES string of the molecule is CCCCCCCCCCCCCCCCCC(=O)OCC(CO)(COC(=O)CCCCC(=O)O)COC(=O)C(O)CCCCCCCCCCCCCCCC. The van der Waals surface area contributed by atoms with Gasteiger partial charge < -0.3 is 29.5 Å². The predicted molar refractivity (Wildman–Crippen MR) is 229 cm³/mol. The number of carbonyl (C=O) groups excluding carboxylic acids is 3. The fourth-order valence-electron chi connectivity index (χ4n) is 7.03. The molecule has 0 aromatic rings. The first-order chi connectivity index (χ1) is 27.7. The molecule has 10 heteroatoms. The Kier molecular flexibility index (Phi) is 39.0. The molecule has 0 spiro atoms. The van der Waals surface area contributed by atoms with Gasteiger partial charge in [-0.2, -0.15) is 0 Å². The smallest absolute Gasteiger partial charge is 0.334 e. The number of aliphatic carboxylic acids is 1. The van der Waals surface area contributed by atoms with Crippen molar-refractivity contribution in [2.24, 2.45) is 5.41 Å². The summed E-state index contributed by atoms with van der Waals surface area (Å²) in [7, 11) is 0. The van der Waals surface area contributed by atoms with Crippen LogP contribution in [0.1, 0.15) is 239 Å². The average molecular weight is 813 g/mol. The number of hydrogen-bond donors (Lipinski definition) is 3. The molecular formula is C47H88O10. The number of unbranched alkanes of at least 4 members (excludes halogenated alkanes) is 28. The Morgan fingerprint density at radius 2 is 0.737 bits per heavy atom. The molecule has 0 saturated heterocycles. The van der Waals surface area contributed by atoms with E-state index in [2.05, 4.69) is 13.8 Å². The zero-order valence-electron chi connectivity index (χ0n) is 36.9. The summed E-state index contributed by atoms with van der Waals surface area (Å²) < 4.78 is 16.3. The molecule has 0 aromatic heterocycles. The number of esters is 3. The summed E-state index contributed by atoms with van der Waals surface area (Å²) in [6.45, 7) is 2.81. The number of carbonyl (C=O) groups is 4. The van der Waals surface area contributed by atoms with Crippen LogP contribution in [0.3, 0.4) is 0 Å². The molecule has 0 saturated carbocycles. The maximum Gasteiger partial charge on any atom is 0.334 e. The van der Waals surface area contributed by atoms with Gasteiger partial charge in [0.05, 0.1) is 12.0 Å². The Morgan fingerprint density at radius 3 is 1.09 bits per heavy atom. The first kappa shape index (κ1) is 54.8. The number of ether oxygens (including phenoxy) is 3. The van der Waals surface area contributed by atoms with Gasteiger partial charge in [-0.1, -0.05) is 194 Å². The Bertz CT molecular complexity index is 957. The van der Waals surface area contributed by atoms with Crippen LogP contribution in [0.4, 0.5) is 0 Å². The number of aliphatic hydroxyl groups is 2. The summed E-state index contributed by atoms with van der Waals surface area (Å²) >= 11 is 0. The number of aliphatic hydroxyl groups excluding tert-OH is 2. The summed E-state index contributed by atoms with van der Waals surface area (Å²) in [5.41, 5.74) is -1.40. The Balaban J connectivity index is 4.53. The first-order valence-corrected chi connectivity index (χ1v) is 23.7. The molecule has 0 amide bonds. The fraction of sp³-hybridized carbons (Fsp3) is 0.915. The number of carboxylic acid groups (broad SMARTS) is 1. The van der Waals surface area contributed by atoms with Gasteiger partial charge in [-0.3, -0.25) is 14.4 Å². The van der Waals surface area contributed by atoms with Crippen molar-refractivity contribution >= 4 is 23.9 Å². The lowest BCUT2D eigenvalue weighted by Crippen LogP contribution is -2.43. The molecule has 0 aliphatic rings. The molecule has 2 unspecified atom stereocenters. The van der Waals surface area contributed by atoms with Crippen molar-refractivity contribution < 1.29 is 48.7 Å². The van der Waals surface area contributed by atoms with Gasteiger partial charge in [0.2, 0.25) is 0 Å². The Labute approximate surface area is 348 Å². The van der Waals surface area contributed by atoms with Crippen molar-refractivity contribution in [3.8, 4) is 0 Å². The zero-order valence-corrected chi connectivity index (χ0v) is 36.9. The van der Waals surface area contributed by atoms with Crippen LogP contribution >= 0.6 is 0 Å². The van der Waals surface area contributed by atoms with E-state index < -0.39 is 48.6 Å². The summed E-state index contributed by atoms with van der Waals surface area (Å²) in [4.78, 5) is 48.6. The average Bonchev–Trinajstić information content (AvgIpc) is 3.20.